The summed E-state index contributed by atoms with van der Waals surface area (Å²) >= 11 is 0. The zero-order valence-electron chi connectivity index (χ0n) is 7.62. The van der Waals surface area contributed by atoms with Crippen molar-refractivity contribution in [2.24, 2.45) is 0 Å². The third-order valence-electron chi connectivity index (χ3n) is 1.96. The fraction of sp³-hybridized carbons (Fsp3) is 0.857. The molecule has 0 spiro atoms. The molecule has 0 bridgehead atoms. The van der Waals surface area contributed by atoms with E-state index < -0.39 is 17.7 Å². The molecule has 88 valence electrons. The average Bonchev–Trinajstić information content (AvgIpc) is 1.99. The van der Waals surface area contributed by atoms with Gasteiger partial charge in [0.1, 0.15) is 0 Å². The summed E-state index contributed by atoms with van der Waals surface area (Å²) in [4.78, 5) is 14.2. The van der Waals surface area contributed by atoms with Gasteiger partial charge in [0.25, 0.3) is 0 Å². The summed E-state index contributed by atoms with van der Waals surface area (Å²) in [6.07, 6.45) is -5.00. The van der Waals surface area contributed by atoms with E-state index in [4.69, 9.17) is 5.11 Å². The smallest absolute Gasteiger partial charge is 0.396 e. The molecular weight excluding hydrogens is 219 g/mol. The summed E-state index contributed by atoms with van der Waals surface area (Å²) in [5.74, 6) is -2.31. The van der Waals surface area contributed by atoms with Gasteiger partial charge >= 0.3 is 12.1 Å². The lowest BCUT2D eigenvalue weighted by molar-refractivity contribution is -0.286. The fourth-order valence-electron chi connectivity index (χ4n) is 1.21. The molecule has 0 saturated carbocycles. The van der Waals surface area contributed by atoms with Gasteiger partial charge < -0.3 is 15.1 Å². The van der Waals surface area contributed by atoms with Crippen molar-refractivity contribution in [1.29, 1.82) is 0 Å². The van der Waals surface area contributed by atoms with Gasteiger partial charge in [-0.3, -0.25) is 0 Å². The van der Waals surface area contributed by atoms with Crippen LogP contribution in [0, 0.1) is 0 Å². The Labute approximate surface area is 83.0 Å². The molecule has 1 heterocycles. The highest BCUT2D eigenvalue weighted by Gasteiger charge is 2.48. The van der Waals surface area contributed by atoms with Gasteiger partial charge in [0.05, 0.1) is 18.7 Å². The van der Waals surface area contributed by atoms with Crippen molar-refractivity contribution in [3.8, 4) is 0 Å². The molecule has 1 rings (SSSR count). The van der Waals surface area contributed by atoms with Crippen molar-refractivity contribution >= 4 is 5.97 Å². The van der Waals surface area contributed by atoms with Crippen LogP contribution in [0.4, 0.5) is 13.2 Å². The number of β-amino-alcohol motifs (C(OH)–C–C–N with tert-alkyl or cyclic N) is 1. The van der Waals surface area contributed by atoms with Gasteiger partial charge in [-0.2, -0.15) is 13.2 Å². The topological polar surface area (TPSA) is 70.0 Å². The number of hydroxylamine groups is 2. The van der Waals surface area contributed by atoms with Gasteiger partial charge in [-0.05, 0) is 0 Å². The molecule has 0 aromatic carbocycles. The predicted octanol–water partition coefficient (Wildman–Crippen LogP) is -0.564. The van der Waals surface area contributed by atoms with Crippen LogP contribution in [0.15, 0.2) is 0 Å². The zero-order valence-corrected chi connectivity index (χ0v) is 7.62. The molecule has 1 aliphatic rings. The van der Waals surface area contributed by atoms with E-state index in [0.29, 0.717) is 5.06 Å². The van der Waals surface area contributed by atoms with Crippen LogP contribution >= 0.6 is 0 Å². The Morgan fingerprint density at radius 3 is 2.40 bits per heavy atom. The third kappa shape index (κ3) is 3.05. The number of hydrogen-bond acceptors (Lipinski definition) is 5. The molecule has 0 aliphatic carbocycles. The first kappa shape index (κ1) is 12.2. The summed E-state index contributed by atoms with van der Waals surface area (Å²) in [7, 11) is 0. The molecule has 0 radical (unpaired) electrons. The highest BCUT2D eigenvalue weighted by Crippen LogP contribution is 2.26. The Kier molecular flexibility index (Phi) is 3.22. The van der Waals surface area contributed by atoms with Crippen molar-refractivity contribution in [3.63, 3.8) is 0 Å². The lowest BCUT2D eigenvalue weighted by atomic mass is 9.93. The van der Waals surface area contributed by atoms with E-state index >= 15 is 0 Å². The normalized spacial score (nSPS) is 20.9. The summed E-state index contributed by atoms with van der Waals surface area (Å²) in [6.45, 7) is -0.734. The number of hydrogen-bond donors (Lipinski definition) is 2. The van der Waals surface area contributed by atoms with E-state index in [1.807, 2.05) is 0 Å². The summed E-state index contributed by atoms with van der Waals surface area (Å²) in [5, 5.41) is 18.6. The van der Waals surface area contributed by atoms with Gasteiger partial charge in [-0.25, -0.2) is 4.79 Å². The van der Waals surface area contributed by atoms with Crippen LogP contribution < -0.4 is 0 Å². The standard InChI is InChI=1S/C7H10F3NO4/c8-7(9,10)5(13)15-11-3-6(14,4-11)1-2-12/h12,14H,1-4H2. The number of rotatable bonds is 3. The van der Waals surface area contributed by atoms with Crippen molar-refractivity contribution < 1.29 is 33.0 Å². The molecule has 15 heavy (non-hydrogen) atoms. The maximum absolute atomic E-state index is 11.7. The van der Waals surface area contributed by atoms with E-state index in [1.54, 1.807) is 0 Å². The molecule has 0 atom stereocenters. The molecular formula is C7H10F3NO4. The van der Waals surface area contributed by atoms with Crippen LogP contribution in [-0.2, 0) is 9.63 Å². The zero-order chi connectivity index (χ0) is 11.7. The van der Waals surface area contributed by atoms with Crippen LogP contribution in [0.2, 0.25) is 0 Å². The molecule has 2 N–H and O–H groups in total. The molecule has 1 saturated heterocycles. The second kappa shape index (κ2) is 3.95. The number of nitrogens with zero attached hydrogens (tertiary/aromatic N) is 1. The minimum Gasteiger partial charge on any atom is -0.396 e. The first-order valence-corrected chi connectivity index (χ1v) is 4.14. The number of carbonyl (C=O) groups is 1. The van der Waals surface area contributed by atoms with Gasteiger partial charge in [-0.15, -0.1) is 5.06 Å². The van der Waals surface area contributed by atoms with Crippen molar-refractivity contribution in [2.75, 3.05) is 19.7 Å². The van der Waals surface area contributed by atoms with Crippen molar-refractivity contribution in [1.82, 2.24) is 5.06 Å². The first-order chi connectivity index (χ1) is 6.77. The van der Waals surface area contributed by atoms with Gasteiger partial charge in [0, 0.05) is 13.0 Å². The SMILES string of the molecule is O=C(ON1CC(O)(CCO)C1)C(F)(F)F. The first-order valence-electron chi connectivity index (χ1n) is 4.14. The van der Waals surface area contributed by atoms with E-state index in [0.717, 1.165) is 0 Å². The Morgan fingerprint density at radius 2 is 2.00 bits per heavy atom. The van der Waals surface area contributed by atoms with Crippen LogP contribution in [0.25, 0.3) is 0 Å². The van der Waals surface area contributed by atoms with Crippen LogP contribution in [0.5, 0.6) is 0 Å². The molecule has 0 aromatic heterocycles. The second-order valence-electron chi connectivity index (χ2n) is 3.37. The highest BCUT2D eigenvalue weighted by atomic mass is 19.4. The van der Waals surface area contributed by atoms with Crippen LogP contribution in [0.1, 0.15) is 6.42 Å². The molecule has 8 heteroatoms. The number of aliphatic hydroxyl groups is 2. The summed E-state index contributed by atoms with van der Waals surface area (Å²) < 4.78 is 35.1. The maximum Gasteiger partial charge on any atom is 0.492 e. The quantitative estimate of drug-likeness (QED) is 0.678. The number of alkyl halides is 3. The number of halogens is 3. The van der Waals surface area contributed by atoms with Crippen molar-refractivity contribution in [2.45, 2.75) is 18.2 Å². The number of carbonyl (C=O) groups excluding carboxylic acids is 1. The Balaban J connectivity index is 2.32. The predicted molar refractivity (Wildman–Crippen MR) is 40.4 cm³/mol. The lowest BCUT2D eigenvalue weighted by Gasteiger charge is -2.44. The van der Waals surface area contributed by atoms with Gasteiger partial charge in [0.15, 0.2) is 0 Å². The van der Waals surface area contributed by atoms with Gasteiger partial charge in [0.2, 0.25) is 0 Å². The molecule has 1 aliphatic heterocycles. The largest absolute Gasteiger partial charge is 0.492 e. The molecule has 0 aromatic rings. The molecule has 1 fully saturated rings. The highest BCUT2D eigenvalue weighted by molar-refractivity contribution is 5.75. The molecule has 0 amide bonds. The van der Waals surface area contributed by atoms with E-state index in [9.17, 15) is 23.1 Å². The van der Waals surface area contributed by atoms with Gasteiger partial charge in [-0.1, -0.05) is 0 Å². The van der Waals surface area contributed by atoms with Crippen LogP contribution in [-0.4, -0.2) is 52.7 Å². The molecule has 0 unspecified atom stereocenters. The van der Waals surface area contributed by atoms with Crippen LogP contribution in [0.3, 0.4) is 0 Å². The average molecular weight is 229 g/mol. The van der Waals surface area contributed by atoms with Crippen molar-refractivity contribution in [3.05, 3.63) is 0 Å². The van der Waals surface area contributed by atoms with E-state index in [1.165, 1.54) is 0 Å². The Bertz CT molecular complexity index is 249. The second-order valence-corrected chi connectivity index (χ2v) is 3.37. The molecule has 5 nitrogen and oxygen atoms in total. The fourth-order valence-corrected chi connectivity index (χ4v) is 1.21. The summed E-state index contributed by atoms with van der Waals surface area (Å²) in [5.41, 5.74) is -1.26. The minimum absolute atomic E-state index is 0.0348. The minimum atomic E-state index is -5.04. The lowest BCUT2D eigenvalue weighted by Crippen LogP contribution is -2.62. The van der Waals surface area contributed by atoms with E-state index in [-0.39, 0.29) is 26.1 Å². The summed E-state index contributed by atoms with van der Waals surface area (Å²) in [6, 6.07) is 0. The number of aliphatic hydroxyl groups excluding tert-OH is 1. The van der Waals surface area contributed by atoms with E-state index in [2.05, 4.69) is 4.84 Å². The Hall–Kier alpha value is -0.860. The maximum atomic E-state index is 11.7. The monoisotopic (exact) mass is 229 g/mol. The Morgan fingerprint density at radius 1 is 1.47 bits per heavy atom. The third-order valence-corrected chi connectivity index (χ3v) is 1.96.